The van der Waals surface area contributed by atoms with Crippen LogP contribution < -0.4 is 5.32 Å². The largest absolute Gasteiger partial charge is 0.381 e. The van der Waals surface area contributed by atoms with Gasteiger partial charge in [0, 0.05) is 44.5 Å². The van der Waals surface area contributed by atoms with Crippen molar-refractivity contribution in [3.63, 3.8) is 0 Å². The second kappa shape index (κ2) is 8.44. The van der Waals surface area contributed by atoms with Gasteiger partial charge in [-0.3, -0.25) is 9.48 Å². The molecule has 1 aliphatic heterocycles. The third kappa shape index (κ3) is 4.49. The van der Waals surface area contributed by atoms with E-state index in [-0.39, 0.29) is 23.8 Å². The van der Waals surface area contributed by atoms with Gasteiger partial charge in [0.15, 0.2) is 5.82 Å². The summed E-state index contributed by atoms with van der Waals surface area (Å²) in [6.45, 7) is 5.42. The number of aromatic nitrogens is 4. The molecule has 0 bridgehead atoms. The molecule has 0 saturated carbocycles. The zero-order valence-electron chi connectivity index (χ0n) is 15.6. The second-order valence-corrected chi connectivity index (χ2v) is 7.09. The fraction of sp³-hybridized carbons (Fsp3) is 0.667. The van der Waals surface area contributed by atoms with Crippen LogP contribution in [0.1, 0.15) is 62.5 Å². The molecule has 0 unspecified atom stereocenters. The SMILES string of the molecule is CC(C)c1noc([C@H](NC(=O)CCc2ccnn2C)C2CCOCC2)n1. The Bertz CT molecular complexity index is 718. The van der Waals surface area contributed by atoms with Crippen LogP contribution in [0.15, 0.2) is 16.8 Å². The van der Waals surface area contributed by atoms with Crippen molar-refractivity contribution in [1.82, 2.24) is 25.2 Å². The first-order chi connectivity index (χ1) is 12.5. The number of rotatable bonds is 7. The summed E-state index contributed by atoms with van der Waals surface area (Å²) in [6.07, 6.45) is 4.51. The van der Waals surface area contributed by atoms with Crippen molar-refractivity contribution in [1.29, 1.82) is 0 Å². The fourth-order valence-electron chi connectivity index (χ4n) is 3.17. The van der Waals surface area contributed by atoms with E-state index in [1.165, 1.54) is 0 Å². The number of carbonyl (C=O) groups is 1. The lowest BCUT2D eigenvalue weighted by Crippen LogP contribution is -2.36. The summed E-state index contributed by atoms with van der Waals surface area (Å²) in [4.78, 5) is 17.1. The van der Waals surface area contributed by atoms with Gasteiger partial charge in [0.05, 0.1) is 0 Å². The Labute approximate surface area is 153 Å². The first-order valence-electron chi connectivity index (χ1n) is 9.22. The van der Waals surface area contributed by atoms with Gasteiger partial charge in [-0.1, -0.05) is 19.0 Å². The van der Waals surface area contributed by atoms with Crippen LogP contribution in [-0.2, 0) is 23.0 Å². The van der Waals surface area contributed by atoms with Crippen LogP contribution in [-0.4, -0.2) is 39.0 Å². The Kier molecular flexibility index (Phi) is 6.03. The molecule has 2 aromatic rings. The zero-order chi connectivity index (χ0) is 18.5. The lowest BCUT2D eigenvalue weighted by Gasteiger charge is -2.28. The molecule has 1 fully saturated rings. The second-order valence-electron chi connectivity index (χ2n) is 7.09. The molecule has 8 heteroatoms. The highest BCUT2D eigenvalue weighted by Gasteiger charge is 2.31. The molecule has 3 rings (SSSR count). The number of nitrogens with one attached hydrogen (secondary N) is 1. The van der Waals surface area contributed by atoms with Gasteiger partial charge < -0.3 is 14.6 Å². The van der Waals surface area contributed by atoms with Crippen molar-refractivity contribution >= 4 is 5.91 Å². The lowest BCUT2D eigenvalue weighted by atomic mass is 9.91. The van der Waals surface area contributed by atoms with E-state index < -0.39 is 0 Å². The Balaban J connectivity index is 1.68. The van der Waals surface area contributed by atoms with E-state index in [1.54, 1.807) is 10.9 Å². The predicted octanol–water partition coefficient (Wildman–Crippen LogP) is 2.14. The summed E-state index contributed by atoms with van der Waals surface area (Å²) in [5, 5.41) is 11.3. The molecule has 1 N–H and O–H groups in total. The van der Waals surface area contributed by atoms with Crippen LogP contribution in [0.5, 0.6) is 0 Å². The number of amides is 1. The quantitative estimate of drug-likeness (QED) is 0.812. The number of hydrogen-bond acceptors (Lipinski definition) is 6. The highest BCUT2D eigenvalue weighted by molar-refractivity contribution is 5.76. The van der Waals surface area contributed by atoms with E-state index in [1.807, 2.05) is 27.0 Å². The van der Waals surface area contributed by atoms with Crippen molar-refractivity contribution in [2.75, 3.05) is 13.2 Å². The Hall–Kier alpha value is -2.22. The van der Waals surface area contributed by atoms with E-state index in [0.717, 1.165) is 18.5 Å². The normalized spacial score (nSPS) is 16.8. The van der Waals surface area contributed by atoms with Crippen LogP contribution in [0.25, 0.3) is 0 Å². The minimum absolute atomic E-state index is 0.0213. The van der Waals surface area contributed by atoms with Crippen molar-refractivity contribution in [3.8, 4) is 0 Å². The minimum atomic E-state index is -0.266. The number of nitrogens with zero attached hydrogens (tertiary/aromatic N) is 4. The molecule has 0 radical (unpaired) electrons. The molecule has 3 heterocycles. The molecule has 1 amide bonds. The van der Waals surface area contributed by atoms with Crippen LogP contribution in [0.4, 0.5) is 0 Å². The van der Waals surface area contributed by atoms with Gasteiger partial charge in [-0.2, -0.15) is 10.1 Å². The Morgan fingerprint density at radius 3 is 2.77 bits per heavy atom. The molecule has 0 aliphatic carbocycles. The average Bonchev–Trinajstić information content (AvgIpc) is 3.28. The molecule has 0 aromatic carbocycles. The summed E-state index contributed by atoms with van der Waals surface area (Å²) in [5.41, 5.74) is 1.03. The van der Waals surface area contributed by atoms with E-state index in [4.69, 9.17) is 9.26 Å². The molecule has 26 heavy (non-hydrogen) atoms. The molecule has 142 valence electrons. The first kappa shape index (κ1) is 18.6. The maximum Gasteiger partial charge on any atom is 0.249 e. The van der Waals surface area contributed by atoms with E-state index in [2.05, 4.69) is 20.6 Å². The fourth-order valence-corrected chi connectivity index (χ4v) is 3.17. The molecule has 2 aromatic heterocycles. The number of aryl methyl sites for hydroxylation is 2. The Morgan fingerprint density at radius 2 is 2.15 bits per heavy atom. The minimum Gasteiger partial charge on any atom is -0.381 e. The number of ether oxygens (including phenoxy) is 1. The summed E-state index contributed by atoms with van der Waals surface area (Å²) in [5.74, 6) is 1.57. The predicted molar refractivity (Wildman–Crippen MR) is 94.3 cm³/mol. The van der Waals surface area contributed by atoms with Crippen LogP contribution in [0.3, 0.4) is 0 Å². The van der Waals surface area contributed by atoms with E-state index in [0.29, 0.717) is 37.8 Å². The van der Waals surface area contributed by atoms with Gasteiger partial charge in [-0.25, -0.2) is 0 Å². The Morgan fingerprint density at radius 1 is 1.38 bits per heavy atom. The first-order valence-corrected chi connectivity index (χ1v) is 9.22. The van der Waals surface area contributed by atoms with Gasteiger partial charge >= 0.3 is 0 Å². The summed E-state index contributed by atoms with van der Waals surface area (Å²) >= 11 is 0. The summed E-state index contributed by atoms with van der Waals surface area (Å²) in [7, 11) is 1.88. The third-order valence-corrected chi connectivity index (χ3v) is 4.82. The van der Waals surface area contributed by atoms with Crippen LogP contribution in [0, 0.1) is 5.92 Å². The summed E-state index contributed by atoms with van der Waals surface area (Å²) < 4.78 is 12.7. The van der Waals surface area contributed by atoms with Gasteiger partial charge in [-0.15, -0.1) is 0 Å². The van der Waals surface area contributed by atoms with Gasteiger partial charge in [0.2, 0.25) is 11.8 Å². The van der Waals surface area contributed by atoms with E-state index >= 15 is 0 Å². The standard InChI is InChI=1S/C18H27N5O3/c1-12(2)17-21-18(26-22-17)16(13-7-10-25-11-8-13)20-15(24)5-4-14-6-9-19-23(14)3/h6,9,12-13,16H,4-5,7-8,10-11H2,1-3H3,(H,20,24)/t16-/m1/s1. The molecular formula is C18H27N5O3. The topological polar surface area (TPSA) is 95.1 Å². The molecule has 8 nitrogen and oxygen atoms in total. The van der Waals surface area contributed by atoms with Crippen molar-refractivity contribution in [3.05, 3.63) is 29.7 Å². The van der Waals surface area contributed by atoms with Crippen molar-refractivity contribution < 1.29 is 14.1 Å². The molecule has 1 saturated heterocycles. The molecule has 1 atom stereocenters. The zero-order valence-corrected chi connectivity index (χ0v) is 15.6. The number of hydrogen-bond donors (Lipinski definition) is 1. The van der Waals surface area contributed by atoms with Gasteiger partial charge in [0.25, 0.3) is 0 Å². The lowest BCUT2D eigenvalue weighted by molar-refractivity contribution is -0.122. The van der Waals surface area contributed by atoms with Crippen LogP contribution >= 0.6 is 0 Å². The van der Waals surface area contributed by atoms with Gasteiger partial charge in [0.1, 0.15) is 6.04 Å². The third-order valence-electron chi connectivity index (χ3n) is 4.82. The summed E-state index contributed by atoms with van der Waals surface area (Å²) in [6, 6.07) is 1.66. The molecule has 0 spiro atoms. The average molecular weight is 361 g/mol. The van der Waals surface area contributed by atoms with Gasteiger partial charge in [-0.05, 0) is 31.2 Å². The monoisotopic (exact) mass is 361 g/mol. The smallest absolute Gasteiger partial charge is 0.249 e. The number of carbonyl (C=O) groups excluding carboxylic acids is 1. The van der Waals surface area contributed by atoms with Crippen molar-refractivity contribution in [2.45, 2.75) is 51.5 Å². The molecule has 1 aliphatic rings. The maximum atomic E-state index is 12.6. The van der Waals surface area contributed by atoms with Crippen LogP contribution in [0.2, 0.25) is 0 Å². The van der Waals surface area contributed by atoms with Crippen molar-refractivity contribution in [2.24, 2.45) is 13.0 Å². The maximum absolute atomic E-state index is 12.6. The molecular weight excluding hydrogens is 334 g/mol. The highest BCUT2D eigenvalue weighted by Crippen LogP contribution is 2.30. The van der Waals surface area contributed by atoms with E-state index in [9.17, 15) is 4.79 Å². The highest BCUT2D eigenvalue weighted by atomic mass is 16.5.